The lowest BCUT2D eigenvalue weighted by molar-refractivity contribution is 0.916. The quantitative estimate of drug-likeness (QED) is 0.808. The third kappa shape index (κ3) is 3.81. The largest absolute Gasteiger partial charge is 0.358 e. The minimum absolute atomic E-state index is 0.583. The molecule has 2 aromatic heterocycles. The van der Waals surface area contributed by atoms with E-state index in [4.69, 9.17) is 12.2 Å². The number of nitrogens with zero attached hydrogens (tertiary/aromatic N) is 2. The minimum Gasteiger partial charge on any atom is -0.358 e. The van der Waals surface area contributed by atoms with Gasteiger partial charge in [-0.05, 0) is 36.0 Å². The van der Waals surface area contributed by atoms with Crippen LogP contribution in [0.25, 0.3) is 0 Å². The summed E-state index contributed by atoms with van der Waals surface area (Å²) in [6.45, 7) is 0.657. The van der Waals surface area contributed by atoms with Crippen molar-refractivity contribution in [2.24, 2.45) is 0 Å². The Morgan fingerprint density at radius 1 is 1.12 bits per heavy atom. The van der Waals surface area contributed by atoms with Crippen LogP contribution in [0.5, 0.6) is 0 Å². The Kier molecular flexibility index (Phi) is 3.99. The zero-order valence-corrected chi connectivity index (χ0v) is 9.95. The molecule has 0 radical (unpaired) electrons. The summed E-state index contributed by atoms with van der Waals surface area (Å²) in [5.74, 6) is 0. The van der Waals surface area contributed by atoms with Crippen LogP contribution >= 0.6 is 12.2 Å². The molecule has 0 aliphatic heterocycles. The lowest BCUT2D eigenvalue weighted by Gasteiger charge is -2.09. The lowest BCUT2D eigenvalue weighted by Crippen LogP contribution is -2.27. The molecule has 0 unspecified atom stereocenters. The van der Waals surface area contributed by atoms with Crippen LogP contribution in [0.3, 0.4) is 0 Å². The molecule has 2 aromatic rings. The molecule has 0 aliphatic rings. The number of pyridine rings is 2. The standard InChI is InChI=1S/C12H12N4S/c17-12(16-11-3-6-13-7-4-11)15-9-10-2-1-5-14-8-10/h1-8H,9H2,(H2,13,15,16,17). The lowest BCUT2D eigenvalue weighted by atomic mass is 10.3. The molecule has 4 nitrogen and oxygen atoms in total. The van der Waals surface area contributed by atoms with Crippen molar-refractivity contribution < 1.29 is 0 Å². The summed E-state index contributed by atoms with van der Waals surface area (Å²) in [5.41, 5.74) is 2.01. The van der Waals surface area contributed by atoms with Crippen LogP contribution in [0, 0.1) is 0 Å². The molecule has 17 heavy (non-hydrogen) atoms. The third-order valence-corrected chi connectivity index (χ3v) is 2.36. The molecule has 0 aliphatic carbocycles. The van der Waals surface area contributed by atoms with Gasteiger partial charge in [0, 0.05) is 37.0 Å². The van der Waals surface area contributed by atoms with Crippen molar-refractivity contribution in [3.8, 4) is 0 Å². The molecule has 0 amide bonds. The van der Waals surface area contributed by atoms with E-state index in [1.807, 2.05) is 30.5 Å². The number of rotatable bonds is 3. The van der Waals surface area contributed by atoms with E-state index in [1.165, 1.54) is 0 Å². The van der Waals surface area contributed by atoms with Crippen LogP contribution < -0.4 is 10.6 Å². The van der Waals surface area contributed by atoms with E-state index < -0.39 is 0 Å². The summed E-state index contributed by atoms with van der Waals surface area (Å²) in [7, 11) is 0. The first-order valence-electron chi connectivity index (χ1n) is 5.18. The fourth-order valence-electron chi connectivity index (χ4n) is 1.30. The van der Waals surface area contributed by atoms with Gasteiger partial charge in [0.2, 0.25) is 0 Å². The number of hydrogen-bond acceptors (Lipinski definition) is 3. The second-order valence-corrected chi connectivity index (χ2v) is 3.81. The molecular formula is C12H12N4S. The van der Waals surface area contributed by atoms with Crippen LogP contribution in [-0.4, -0.2) is 15.1 Å². The molecule has 0 fully saturated rings. The Morgan fingerprint density at radius 2 is 1.94 bits per heavy atom. The summed E-state index contributed by atoms with van der Waals surface area (Å²) >= 11 is 5.17. The predicted octanol–water partition coefficient (Wildman–Crippen LogP) is 1.96. The SMILES string of the molecule is S=C(NCc1cccnc1)Nc1ccncc1. The van der Waals surface area contributed by atoms with E-state index in [-0.39, 0.29) is 0 Å². The van der Waals surface area contributed by atoms with E-state index in [1.54, 1.807) is 18.6 Å². The molecule has 0 atom stereocenters. The van der Waals surface area contributed by atoms with Gasteiger partial charge in [0.1, 0.15) is 0 Å². The summed E-state index contributed by atoms with van der Waals surface area (Å²) in [5, 5.41) is 6.76. The summed E-state index contributed by atoms with van der Waals surface area (Å²) < 4.78 is 0. The zero-order chi connectivity index (χ0) is 11.9. The Labute approximate surface area is 105 Å². The van der Waals surface area contributed by atoms with Crippen LogP contribution in [0.15, 0.2) is 49.1 Å². The molecular weight excluding hydrogens is 232 g/mol. The van der Waals surface area contributed by atoms with Gasteiger partial charge < -0.3 is 10.6 Å². The van der Waals surface area contributed by atoms with E-state index in [2.05, 4.69) is 20.6 Å². The second-order valence-electron chi connectivity index (χ2n) is 3.40. The number of anilines is 1. The van der Waals surface area contributed by atoms with Crippen molar-refractivity contribution in [1.82, 2.24) is 15.3 Å². The average Bonchev–Trinajstić information content (AvgIpc) is 2.39. The molecule has 2 heterocycles. The highest BCUT2D eigenvalue weighted by Crippen LogP contribution is 2.03. The highest BCUT2D eigenvalue weighted by molar-refractivity contribution is 7.80. The smallest absolute Gasteiger partial charge is 0.171 e. The van der Waals surface area contributed by atoms with E-state index in [0.29, 0.717) is 11.7 Å². The minimum atomic E-state index is 0.583. The summed E-state index contributed by atoms with van der Waals surface area (Å²) in [6, 6.07) is 7.61. The van der Waals surface area contributed by atoms with Gasteiger partial charge in [0.25, 0.3) is 0 Å². The molecule has 2 rings (SSSR count). The van der Waals surface area contributed by atoms with Gasteiger partial charge >= 0.3 is 0 Å². The van der Waals surface area contributed by atoms with Crippen molar-refractivity contribution in [2.45, 2.75) is 6.54 Å². The predicted molar refractivity (Wildman–Crippen MR) is 71.5 cm³/mol. The first-order valence-corrected chi connectivity index (χ1v) is 5.59. The fourth-order valence-corrected chi connectivity index (χ4v) is 1.49. The number of thiocarbonyl (C=S) groups is 1. The topological polar surface area (TPSA) is 49.8 Å². The maximum absolute atomic E-state index is 5.17. The highest BCUT2D eigenvalue weighted by atomic mass is 32.1. The normalized spacial score (nSPS) is 9.65. The molecule has 0 saturated carbocycles. The molecule has 86 valence electrons. The first-order chi connectivity index (χ1) is 8.34. The monoisotopic (exact) mass is 244 g/mol. The maximum atomic E-state index is 5.17. The second kappa shape index (κ2) is 5.91. The van der Waals surface area contributed by atoms with Crippen LogP contribution in [0.2, 0.25) is 0 Å². The van der Waals surface area contributed by atoms with Crippen LogP contribution in [0.4, 0.5) is 5.69 Å². The van der Waals surface area contributed by atoms with Gasteiger partial charge in [0.15, 0.2) is 5.11 Å². The number of hydrogen-bond donors (Lipinski definition) is 2. The molecule has 0 bridgehead atoms. The van der Waals surface area contributed by atoms with Gasteiger partial charge in [0.05, 0.1) is 0 Å². The van der Waals surface area contributed by atoms with Crippen molar-refractivity contribution in [3.63, 3.8) is 0 Å². The van der Waals surface area contributed by atoms with Crippen LogP contribution in [0.1, 0.15) is 5.56 Å². The summed E-state index contributed by atoms with van der Waals surface area (Å²) in [6.07, 6.45) is 6.98. The first kappa shape index (κ1) is 11.5. The molecule has 0 aromatic carbocycles. The molecule has 0 saturated heterocycles. The van der Waals surface area contributed by atoms with Gasteiger partial charge in [-0.1, -0.05) is 6.07 Å². The highest BCUT2D eigenvalue weighted by Gasteiger charge is 1.97. The molecule has 2 N–H and O–H groups in total. The van der Waals surface area contributed by atoms with Crippen molar-refractivity contribution >= 4 is 23.0 Å². The van der Waals surface area contributed by atoms with E-state index in [0.717, 1.165) is 11.3 Å². The molecule has 0 spiro atoms. The maximum Gasteiger partial charge on any atom is 0.171 e. The molecule has 5 heteroatoms. The Balaban J connectivity index is 1.83. The number of aromatic nitrogens is 2. The van der Waals surface area contributed by atoms with Crippen molar-refractivity contribution in [2.75, 3.05) is 5.32 Å². The van der Waals surface area contributed by atoms with Gasteiger partial charge in [-0.25, -0.2) is 0 Å². The van der Waals surface area contributed by atoms with Gasteiger partial charge in [-0.2, -0.15) is 0 Å². The summed E-state index contributed by atoms with van der Waals surface area (Å²) in [4.78, 5) is 7.97. The Hall–Kier alpha value is -2.01. The van der Waals surface area contributed by atoms with Crippen LogP contribution in [-0.2, 0) is 6.54 Å². The average molecular weight is 244 g/mol. The van der Waals surface area contributed by atoms with E-state index in [9.17, 15) is 0 Å². The Morgan fingerprint density at radius 3 is 2.65 bits per heavy atom. The van der Waals surface area contributed by atoms with E-state index >= 15 is 0 Å². The Bertz CT molecular complexity index is 472. The zero-order valence-electron chi connectivity index (χ0n) is 9.13. The van der Waals surface area contributed by atoms with Gasteiger partial charge in [-0.3, -0.25) is 9.97 Å². The van der Waals surface area contributed by atoms with Crippen molar-refractivity contribution in [1.29, 1.82) is 0 Å². The third-order valence-electron chi connectivity index (χ3n) is 2.11. The fraction of sp³-hybridized carbons (Fsp3) is 0.0833. The number of nitrogens with one attached hydrogen (secondary N) is 2. The van der Waals surface area contributed by atoms with Crippen molar-refractivity contribution in [3.05, 3.63) is 54.6 Å². The van der Waals surface area contributed by atoms with Gasteiger partial charge in [-0.15, -0.1) is 0 Å².